The fourth-order valence-electron chi connectivity index (χ4n) is 20.4. The summed E-state index contributed by atoms with van der Waals surface area (Å²) >= 11 is 0. The Bertz CT molecular complexity index is 5840. The zero-order valence-corrected chi connectivity index (χ0v) is 88.4. The van der Waals surface area contributed by atoms with E-state index in [0.29, 0.717) is 95.1 Å². The summed E-state index contributed by atoms with van der Waals surface area (Å²) in [6, 6.07) is 58.9. The molecule has 0 unspecified atom stereocenters. The van der Waals surface area contributed by atoms with E-state index in [-0.39, 0.29) is 74.1 Å². The molecule has 17 N–H and O–H groups in total. The first-order valence-electron chi connectivity index (χ1n) is 51.0. The third kappa shape index (κ3) is 39.2. The number of pyridine rings is 3. The van der Waals surface area contributed by atoms with E-state index in [9.17, 15) is 72.3 Å². The number of β-amino-alcohol motifs (C(OH)–C–C–N with tert-alkyl or cyclic N) is 3. The quantitative estimate of drug-likeness (QED) is 0.0172. The fraction of sp³-hybridized carbons (Fsp3) is 0.486. The first kappa shape index (κ1) is 117. The third-order valence-electron chi connectivity index (χ3n) is 27.1. The molecular weight excluding hydrogens is 1940 g/mol. The molecule has 8 amide bonds. The van der Waals surface area contributed by atoms with E-state index in [0.717, 1.165) is 94.2 Å². The van der Waals surface area contributed by atoms with E-state index in [1.54, 1.807) is 30.6 Å². The van der Waals surface area contributed by atoms with Gasteiger partial charge < -0.3 is 68.5 Å². The van der Waals surface area contributed by atoms with Crippen LogP contribution in [0.15, 0.2) is 225 Å². The minimum atomic E-state index is -4.67. The highest BCUT2D eigenvalue weighted by atomic mass is 32.3. The van der Waals surface area contributed by atoms with E-state index in [4.69, 9.17) is 27.8 Å². The molecule has 806 valence electrons. The van der Waals surface area contributed by atoms with Gasteiger partial charge in [0.2, 0.25) is 41.4 Å². The van der Waals surface area contributed by atoms with Crippen LogP contribution in [-0.2, 0) is 99.3 Å². The third-order valence-corrected chi connectivity index (χ3v) is 27.1. The molecule has 0 spiro atoms. The number of amides is 8. The number of aromatic nitrogens is 3. The van der Waals surface area contributed by atoms with Gasteiger partial charge in [-0.1, -0.05) is 195 Å². The van der Waals surface area contributed by atoms with Gasteiger partial charge >= 0.3 is 10.4 Å². The minimum Gasteiger partial charge on any atom is -0.392 e. The molecule has 3 aromatic heterocycles. The van der Waals surface area contributed by atoms with Crippen LogP contribution in [0.2, 0.25) is 0 Å². The van der Waals surface area contributed by atoms with Crippen LogP contribution in [0.25, 0.3) is 10.9 Å². The van der Waals surface area contributed by atoms with Crippen LogP contribution in [0.5, 0.6) is 0 Å². The summed E-state index contributed by atoms with van der Waals surface area (Å²) in [5, 5.41) is 78.4. The Labute approximate surface area is 874 Å². The lowest BCUT2D eigenvalue weighted by Gasteiger charge is -2.47. The smallest absolute Gasteiger partial charge is 0.392 e. The summed E-state index contributed by atoms with van der Waals surface area (Å²) in [5.41, 5.74) is 14.1. The Kier molecular flexibility index (Phi) is 43.2. The van der Waals surface area contributed by atoms with Gasteiger partial charge in [0, 0.05) is 150 Å². The van der Waals surface area contributed by atoms with Gasteiger partial charge in [0.15, 0.2) is 0 Å². The van der Waals surface area contributed by atoms with Crippen molar-refractivity contribution in [2.75, 3.05) is 71.7 Å². The summed E-state index contributed by atoms with van der Waals surface area (Å²) in [5.74, 6) is -2.76. The lowest BCUT2D eigenvalue weighted by atomic mass is 9.72. The highest BCUT2D eigenvalue weighted by molar-refractivity contribution is 7.85. The number of primary amides is 1. The van der Waals surface area contributed by atoms with Crippen LogP contribution in [0.3, 0.4) is 0 Å². The average molecular weight is 2090 g/mol. The van der Waals surface area contributed by atoms with Crippen molar-refractivity contribution in [2.24, 2.45) is 29.4 Å². The van der Waals surface area contributed by atoms with Crippen molar-refractivity contribution in [2.45, 2.75) is 248 Å². The second-order valence-electron chi connectivity index (χ2n) is 43.0. The number of carbonyl (C=O) groups excluding carboxylic acids is 8. The number of fused-ring (bicyclic) bond motifs is 4. The Hall–Kier alpha value is -11.8. The number of nitrogens with two attached hydrogens (primary N) is 1. The standard InChI is InChI=1S/C38H50N6O5.2C36H47N5O4.CH4O3S.H2O4S/c1-38(2,3)43-37(49)32-20-26-14-7-8-15-27(26)22-44(32)23-33(45)30(19-24-11-5-4-6-12-24)41-36(48)31(21-34(39)46)42-35(47)29-18-17-25-13-9-10-16-28(25)40-29;2*1-36(2,3)39-35(45)31-24-40(22-26-12-9-15-37-21-26)16-17-41(31)23-29(42)19-28(18-25-10-5-4-6-11-25)34(44)38-33-30-14-8-7-13-27(30)20-32(33)43;2*1-5(2,3)4/h4-6,9-13,16-18,26-27,30-33,45H,7-8,14-15,19-23H2,1-3H3,(H2,39,46)(H,41,48)(H,42,47)(H,43,49);2*4-15,21,28-29,31-33,42-43H,16-20,22-24H2,1-3H3,(H,38,44)(H,39,45);1H3,(H,2,3,4);(H2,1,2,3,4)/t26-,27+,30-,31-,32-,33+;2*28-,29+,31+,32-,33+;;/m011../s1. The molecule has 3 saturated heterocycles. The van der Waals surface area contributed by atoms with Crippen molar-refractivity contribution in [3.8, 4) is 0 Å². The molecule has 6 heterocycles. The van der Waals surface area contributed by atoms with Crippen LogP contribution < -0.4 is 43.0 Å². The van der Waals surface area contributed by atoms with Gasteiger partial charge in [-0.25, -0.2) is 4.98 Å². The van der Waals surface area contributed by atoms with Gasteiger partial charge in [-0.05, 0) is 193 Å². The number of hydrogen-bond donors (Lipinski definition) is 16. The first-order valence-corrected chi connectivity index (χ1v) is 54.3. The van der Waals surface area contributed by atoms with E-state index in [1.165, 1.54) is 6.42 Å². The summed E-state index contributed by atoms with van der Waals surface area (Å²) in [4.78, 5) is 131. The predicted molar refractivity (Wildman–Crippen MR) is 568 cm³/mol. The second-order valence-corrected chi connectivity index (χ2v) is 45.4. The highest BCUT2D eigenvalue weighted by Gasteiger charge is 2.45. The summed E-state index contributed by atoms with van der Waals surface area (Å²) in [6.45, 7) is 24.2. The average Bonchev–Trinajstić information content (AvgIpc) is 1.22. The van der Waals surface area contributed by atoms with Crippen LogP contribution >= 0.6 is 0 Å². The van der Waals surface area contributed by atoms with Crippen molar-refractivity contribution in [3.63, 3.8) is 0 Å². The number of piperidine rings is 1. The number of carbonyl (C=O) groups is 8. The number of likely N-dealkylation sites (tertiary alicyclic amines) is 1. The van der Waals surface area contributed by atoms with E-state index in [1.807, 2.05) is 257 Å². The van der Waals surface area contributed by atoms with Crippen LogP contribution in [0.4, 0.5) is 0 Å². The van der Waals surface area contributed by atoms with Gasteiger partial charge in [-0.3, -0.25) is 86.5 Å². The largest absolute Gasteiger partial charge is 0.394 e. The fourth-order valence-corrected chi connectivity index (χ4v) is 20.4. The summed E-state index contributed by atoms with van der Waals surface area (Å²) in [7, 11) is -8.33. The molecule has 16 atom stereocenters. The lowest BCUT2D eigenvalue weighted by Crippen LogP contribution is -2.61. The molecule has 38 heteroatoms. The van der Waals surface area contributed by atoms with Crippen LogP contribution in [-0.4, -0.2) is 292 Å². The zero-order chi connectivity index (χ0) is 108. The Morgan fingerprint density at radius 3 is 1.29 bits per heavy atom. The first-order chi connectivity index (χ1) is 70.5. The highest BCUT2D eigenvalue weighted by Crippen LogP contribution is 2.40. The molecule has 3 aliphatic carbocycles. The Morgan fingerprint density at radius 1 is 0.456 bits per heavy atom. The minimum absolute atomic E-state index is 0.0566. The molecule has 3 aliphatic heterocycles. The molecular formula is C111H150N16O20S2. The summed E-state index contributed by atoms with van der Waals surface area (Å²) in [6.07, 6.45) is 11.3. The van der Waals surface area contributed by atoms with Crippen LogP contribution in [0.1, 0.15) is 186 Å². The van der Waals surface area contributed by atoms with Gasteiger partial charge in [-0.15, -0.1) is 0 Å². The Morgan fingerprint density at radius 2 is 0.859 bits per heavy atom. The van der Waals surface area contributed by atoms with Crippen molar-refractivity contribution < 1.29 is 94.4 Å². The van der Waals surface area contributed by atoms with E-state index in [2.05, 4.69) is 76.7 Å². The maximum absolute atomic E-state index is 13.8. The molecule has 0 bridgehead atoms. The van der Waals surface area contributed by atoms with Gasteiger partial charge in [0.05, 0.1) is 72.9 Å². The number of para-hydroxylation sites is 1. The van der Waals surface area contributed by atoms with E-state index >= 15 is 0 Å². The molecule has 4 fully saturated rings. The molecule has 0 radical (unpaired) electrons. The molecule has 9 aromatic rings. The molecule has 149 heavy (non-hydrogen) atoms. The second kappa shape index (κ2) is 54.8. The number of aliphatic hydroxyl groups is 5. The number of benzene rings is 6. The molecule has 15 rings (SSSR count). The number of aliphatic hydroxyl groups excluding tert-OH is 5. The number of nitrogens with zero attached hydrogens (tertiary/aromatic N) is 8. The van der Waals surface area contributed by atoms with Crippen molar-refractivity contribution in [1.82, 2.24) is 76.7 Å². The monoisotopic (exact) mass is 2090 g/mol. The topological polar surface area (TPSA) is 532 Å². The molecule has 6 aromatic carbocycles. The van der Waals surface area contributed by atoms with Crippen molar-refractivity contribution >= 4 is 78.7 Å². The number of piperazine rings is 2. The van der Waals surface area contributed by atoms with E-state index < -0.39 is 146 Å². The molecule has 6 aliphatic rings. The summed E-state index contributed by atoms with van der Waals surface area (Å²) < 4.78 is 57.5. The van der Waals surface area contributed by atoms with Gasteiger partial charge in [0.25, 0.3) is 16.0 Å². The zero-order valence-electron chi connectivity index (χ0n) is 86.7. The number of rotatable bonds is 34. The number of hydrogen-bond acceptors (Lipinski definition) is 25. The molecule has 1 saturated carbocycles. The predicted octanol–water partition coefficient (Wildman–Crippen LogP) is 7.68. The van der Waals surface area contributed by atoms with Crippen LogP contribution in [0, 0.1) is 23.7 Å². The number of nitrogens with one attached hydrogen (secondary N) is 7. The lowest BCUT2D eigenvalue weighted by molar-refractivity contribution is -0.133. The Balaban J connectivity index is 0.000000202. The maximum Gasteiger partial charge on any atom is 0.394 e. The van der Waals surface area contributed by atoms with Gasteiger partial charge in [-0.2, -0.15) is 16.8 Å². The van der Waals surface area contributed by atoms with Crippen molar-refractivity contribution in [1.29, 1.82) is 0 Å². The van der Waals surface area contributed by atoms with Gasteiger partial charge in [0.1, 0.15) is 23.8 Å². The van der Waals surface area contributed by atoms with Crippen molar-refractivity contribution in [3.05, 3.63) is 281 Å². The SMILES string of the molecule is CC(C)(C)NC(=O)[C@@H]1CN(Cc2cccnc2)CCN1C[C@@H](O)C[C@@H](Cc1ccccc1)C(=O)N[C@H]1c2ccccc2C[C@H]1O.CC(C)(C)NC(=O)[C@@H]1CN(Cc2cccnc2)CCN1C[C@@H](O)C[C@@H](Cc1ccccc1)C(=O)N[C@H]1c2ccccc2C[C@H]1O.CC(C)(C)NC(=O)[C@@H]1C[C@@H]2CCCC[C@@H]2CN1C[C@@H](O)[C@H](Cc1ccccc1)NC(=O)[C@H](CC(N)=O)NC(=O)c1ccc2ccccc2n1.CS(=O)(=O)O.O=S(=O)(O)O. The normalized spacial score (nSPS) is 21.1. The maximum atomic E-state index is 13.8. The molecule has 36 nitrogen and oxygen atoms in total.